The van der Waals surface area contributed by atoms with Gasteiger partial charge in [-0.15, -0.1) is 5.10 Å². The van der Waals surface area contributed by atoms with E-state index in [0.717, 1.165) is 18.8 Å². The summed E-state index contributed by atoms with van der Waals surface area (Å²) in [7, 11) is 3.16. The smallest absolute Gasteiger partial charge is 0.209 e. The quantitative estimate of drug-likeness (QED) is 0.490. The van der Waals surface area contributed by atoms with Gasteiger partial charge in [0, 0.05) is 20.8 Å². The van der Waals surface area contributed by atoms with Crippen molar-refractivity contribution in [3.8, 4) is 0 Å². The third-order valence-corrected chi connectivity index (χ3v) is 3.76. The second-order valence-corrected chi connectivity index (χ2v) is 5.18. The normalized spacial score (nSPS) is 11.4. The molecule has 116 valence electrons. The lowest BCUT2D eigenvalue weighted by Gasteiger charge is -2.13. The van der Waals surface area contributed by atoms with Crippen LogP contribution in [0.5, 0.6) is 0 Å². The van der Waals surface area contributed by atoms with Crippen LogP contribution >= 0.6 is 11.8 Å². The van der Waals surface area contributed by atoms with Crippen LogP contribution in [-0.2, 0) is 28.3 Å². The van der Waals surface area contributed by atoms with Gasteiger partial charge in [0.05, 0.1) is 12.3 Å². The molecule has 0 bridgehead atoms. The van der Waals surface area contributed by atoms with Crippen LogP contribution in [0.25, 0.3) is 0 Å². The number of ether oxygens (including phenoxy) is 2. The maximum Gasteiger partial charge on any atom is 0.209 e. The first-order chi connectivity index (χ1) is 10.3. The van der Waals surface area contributed by atoms with Gasteiger partial charge in [-0.05, 0) is 16.8 Å². The highest BCUT2D eigenvalue weighted by Gasteiger charge is 2.14. The zero-order chi connectivity index (χ0) is 15.1. The maximum absolute atomic E-state index is 5.15. The molecule has 0 atom stereocenters. The fourth-order valence-corrected chi connectivity index (χ4v) is 2.56. The van der Waals surface area contributed by atoms with Gasteiger partial charge in [0.25, 0.3) is 0 Å². The third kappa shape index (κ3) is 4.22. The van der Waals surface area contributed by atoms with Crippen molar-refractivity contribution in [2.75, 3.05) is 14.2 Å². The molecule has 0 radical (unpaired) electrons. The minimum absolute atomic E-state index is 0.378. The number of hydrogen-bond acceptors (Lipinski definition) is 8. The monoisotopic (exact) mass is 313 g/mol. The second-order valence-electron chi connectivity index (χ2n) is 4.23. The van der Waals surface area contributed by atoms with Crippen LogP contribution in [0.2, 0.25) is 0 Å². The van der Waals surface area contributed by atoms with Gasteiger partial charge in [-0.3, -0.25) is 0 Å². The number of rotatable bonds is 9. The topological polar surface area (TPSA) is 92.8 Å². The molecule has 0 N–H and O–H groups in total. The van der Waals surface area contributed by atoms with Gasteiger partial charge < -0.3 is 9.47 Å². The summed E-state index contributed by atoms with van der Waals surface area (Å²) in [5.41, 5.74) is 0. The Morgan fingerprint density at radius 2 is 2.10 bits per heavy atom. The first-order valence-electron chi connectivity index (χ1n) is 6.59. The van der Waals surface area contributed by atoms with E-state index in [0.29, 0.717) is 17.5 Å². The van der Waals surface area contributed by atoms with E-state index in [1.54, 1.807) is 25.2 Å². The predicted molar refractivity (Wildman–Crippen MR) is 75.5 cm³/mol. The molecule has 9 nitrogen and oxygen atoms in total. The molecule has 0 fully saturated rings. The van der Waals surface area contributed by atoms with Crippen LogP contribution < -0.4 is 0 Å². The lowest BCUT2D eigenvalue weighted by Crippen LogP contribution is -2.22. The van der Waals surface area contributed by atoms with Gasteiger partial charge >= 0.3 is 0 Å². The molecule has 0 spiro atoms. The molecular formula is C11H19N7O2S. The van der Waals surface area contributed by atoms with Crippen molar-refractivity contribution < 1.29 is 9.47 Å². The van der Waals surface area contributed by atoms with Gasteiger partial charge in [-0.2, -0.15) is 5.10 Å². The van der Waals surface area contributed by atoms with Gasteiger partial charge in [0.15, 0.2) is 6.29 Å². The molecule has 2 aromatic heterocycles. The van der Waals surface area contributed by atoms with E-state index in [9.17, 15) is 0 Å². The van der Waals surface area contributed by atoms with Gasteiger partial charge in [0.1, 0.15) is 12.2 Å². The van der Waals surface area contributed by atoms with E-state index in [-0.39, 0.29) is 6.29 Å². The summed E-state index contributed by atoms with van der Waals surface area (Å²) in [6, 6.07) is 0. The van der Waals surface area contributed by atoms with Gasteiger partial charge in [0.2, 0.25) is 5.16 Å². The van der Waals surface area contributed by atoms with Gasteiger partial charge in [-0.25, -0.2) is 14.3 Å². The Hall–Kier alpha value is -1.52. The summed E-state index contributed by atoms with van der Waals surface area (Å²) < 4.78 is 13.9. The first-order valence-corrected chi connectivity index (χ1v) is 7.58. The molecule has 0 aromatic carbocycles. The Balaban J connectivity index is 1.97. The van der Waals surface area contributed by atoms with E-state index >= 15 is 0 Å². The van der Waals surface area contributed by atoms with Crippen molar-refractivity contribution in [3.63, 3.8) is 0 Å². The first kappa shape index (κ1) is 15.9. The largest absolute Gasteiger partial charge is 0.354 e. The predicted octanol–water partition coefficient (Wildman–Crippen LogP) is 0.586. The Morgan fingerprint density at radius 1 is 1.29 bits per heavy atom. The Kier molecular flexibility index (Phi) is 6.08. The van der Waals surface area contributed by atoms with Crippen LogP contribution in [0.1, 0.15) is 19.2 Å². The van der Waals surface area contributed by atoms with Crippen molar-refractivity contribution in [1.29, 1.82) is 0 Å². The van der Waals surface area contributed by atoms with E-state index in [2.05, 4.69) is 32.5 Å². The number of aryl methyl sites for hydroxylation is 1. The molecule has 0 aliphatic heterocycles. The number of tetrazole rings is 1. The fourth-order valence-electron chi connectivity index (χ4n) is 1.73. The number of thioether (sulfide) groups is 1. The van der Waals surface area contributed by atoms with E-state index in [4.69, 9.17) is 9.47 Å². The molecule has 2 rings (SSSR count). The number of nitrogens with zero attached hydrogens (tertiary/aromatic N) is 7. The standard InChI is InChI=1S/C11H19N7O2S/c1-4-5-17-9(12-8-13-17)7-21-11-14-15-16-18(11)6-10(19-2)20-3/h8,10H,4-7H2,1-3H3. The molecule has 2 aromatic rings. The SMILES string of the molecule is CCCn1ncnc1CSc1nnnn1CC(OC)OC. The van der Waals surface area contributed by atoms with Crippen LogP contribution in [0, 0.1) is 0 Å². The maximum atomic E-state index is 5.15. The molecular weight excluding hydrogens is 294 g/mol. The second kappa shape index (κ2) is 8.05. The van der Waals surface area contributed by atoms with Crippen molar-refractivity contribution in [1.82, 2.24) is 35.0 Å². The van der Waals surface area contributed by atoms with Crippen LogP contribution in [0.4, 0.5) is 0 Å². The summed E-state index contributed by atoms with van der Waals surface area (Å²) in [5, 5.41) is 16.5. The third-order valence-electron chi connectivity index (χ3n) is 2.81. The zero-order valence-corrected chi connectivity index (χ0v) is 13.2. The molecule has 21 heavy (non-hydrogen) atoms. The summed E-state index contributed by atoms with van der Waals surface area (Å²) in [4.78, 5) is 4.26. The molecule has 0 amide bonds. The minimum atomic E-state index is -0.378. The lowest BCUT2D eigenvalue weighted by molar-refractivity contribution is -0.113. The zero-order valence-electron chi connectivity index (χ0n) is 12.3. The minimum Gasteiger partial charge on any atom is -0.354 e. The van der Waals surface area contributed by atoms with Gasteiger partial charge in [-0.1, -0.05) is 18.7 Å². The Bertz CT molecular complexity index is 540. The van der Waals surface area contributed by atoms with E-state index in [1.165, 1.54) is 11.8 Å². The number of methoxy groups -OCH3 is 2. The van der Waals surface area contributed by atoms with E-state index < -0.39 is 0 Å². The van der Waals surface area contributed by atoms with Crippen molar-refractivity contribution in [3.05, 3.63) is 12.2 Å². The average Bonchev–Trinajstić information content (AvgIpc) is 3.12. The molecule has 0 aliphatic carbocycles. The highest BCUT2D eigenvalue weighted by molar-refractivity contribution is 7.98. The van der Waals surface area contributed by atoms with Crippen molar-refractivity contribution >= 4 is 11.8 Å². The highest BCUT2D eigenvalue weighted by Crippen LogP contribution is 2.19. The lowest BCUT2D eigenvalue weighted by atomic mass is 10.5. The fraction of sp³-hybridized carbons (Fsp3) is 0.727. The summed E-state index contributed by atoms with van der Waals surface area (Å²) in [6.45, 7) is 3.40. The highest BCUT2D eigenvalue weighted by atomic mass is 32.2. The van der Waals surface area contributed by atoms with Crippen molar-refractivity contribution in [2.24, 2.45) is 0 Å². The van der Waals surface area contributed by atoms with Crippen LogP contribution in [-0.4, -0.2) is 55.5 Å². The molecule has 0 saturated heterocycles. The molecule has 0 saturated carbocycles. The van der Waals surface area contributed by atoms with Crippen LogP contribution in [0.15, 0.2) is 11.5 Å². The molecule has 0 aliphatic rings. The average molecular weight is 313 g/mol. The molecule has 2 heterocycles. The molecule has 0 unspecified atom stereocenters. The van der Waals surface area contributed by atoms with Crippen molar-refractivity contribution in [2.45, 2.75) is 43.6 Å². The summed E-state index contributed by atoms with van der Waals surface area (Å²) in [5.74, 6) is 1.57. The Morgan fingerprint density at radius 3 is 2.81 bits per heavy atom. The number of aromatic nitrogens is 7. The van der Waals surface area contributed by atoms with Crippen LogP contribution in [0.3, 0.4) is 0 Å². The number of hydrogen-bond donors (Lipinski definition) is 0. The summed E-state index contributed by atoms with van der Waals surface area (Å²) in [6.07, 6.45) is 2.21. The Labute approximate surface area is 127 Å². The molecule has 10 heteroatoms. The summed E-state index contributed by atoms with van der Waals surface area (Å²) >= 11 is 1.51. The van der Waals surface area contributed by atoms with E-state index in [1.807, 2.05) is 4.68 Å².